The Kier molecular flexibility index (Phi) is 3.12. The molecular formula is C12H18N2O2S. The van der Waals surface area contributed by atoms with Crippen molar-refractivity contribution in [3.05, 3.63) is 11.1 Å². The number of anilines is 1. The monoisotopic (exact) mass is 254 g/mol. The molecule has 0 radical (unpaired) electrons. The lowest BCUT2D eigenvalue weighted by Gasteiger charge is -2.19. The van der Waals surface area contributed by atoms with E-state index in [1.807, 2.05) is 13.1 Å². The van der Waals surface area contributed by atoms with Crippen LogP contribution >= 0.6 is 11.3 Å². The Bertz CT molecular complexity index is 430. The van der Waals surface area contributed by atoms with Gasteiger partial charge in [0.2, 0.25) is 0 Å². The van der Waals surface area contributed by atoms with Gasteiger partial charge in [0.25, 0.3) is 0 Å². The zero-order chi connectivity index (χ0) is 12.6. The van der Waals surface area contributed by atoms with Gasteiger partial charge in [-0.25, -0.2) is 4.98 Å². The second-order valence-corrected chi connectivity index (χ2v) is 6.28. The van der Waals surface area contributed by atoms with Crippen molar-refractivity contribution < 1.29 is 9.90 Å². The lowest BCUT2D eigenvalue weighted by Crippen LogP contribution is -2.31. The highest BCUT2D eigenvalue weighted by molar-refractivity contribution is 7.15. The third kappa shape index (κ3) is 2.29. The predicted octanol–water partition coefficient (Wildman–Crippen LogP) is 2.57. The summed E-state index contributed by atoms with van der Waals surface area (Å²) < 4.78 is 0. The SMILES string of the molecule is CC(C)c1cnc(N2CCC(C)(C(=O)O)C2)s1. The minimum absolute atomic E-state index is 0.481. The maximum Gasteiger partial charge on any atom is 0.311 e. The minimum atomic E-state index is -0.708. The number of hydrogen-bond acceptors (Lipinski definition) is 4. The van der Waals surface area contributed by atoms with Crippen molar-refractivity contribution in [3.63, 3.8) is 0 Å². The number of hydrogen-bond donors (Lipinski definition) is 1. The standard InChI is InChI=1S/C12H18N2O2S/c1-8(2)9-6-13-11(17-9)14-5-4-12(3,7-14)10(15)16/h6,8H,4-5,7H2,1-3H3,(H,15,16). The number of aromatic nitrogens is 1. The van der Waals surface area contributed by atoms with Gasteiger partial charge < -0.3 is 10.0 Å². The fraction of sp³-hybridized carbons (Fsp3) is 0.667. The van der Waals surface area contributed by atoms with Crippen LogP contribution < -0.4 is 4.90 Å². The molecule has 1 saturated heterocycles. The zero-order valence-corrected chi connectivity index (χ0v) is 11.3. The highest BCUT2D eigenvalue weighted by Crippen LogP contribution is 2.36. The number of carbonyl (C=O) groups is 1. The van der Waals surface area contributed by atoms with Crippen LogP contribution in [-0.4, -0.2) is 29.1 Å². The number of nitrogens with zero attached hydrogens (tertiary/aromatic N) is 2. The van der Waals surface area contributed by atoms with E-state index in [2.05, 4.69) is 23.7 Å². The number of rotatable bonds is 3. The number of thiazole rings is 1. The van der Waals surface area contributed by atoms with E-state index in [0.29, 0.717) is 18.9 Å². The smallest absolute Gasteiger partial charge is 0.311 e. The Morgan fingerprint density at radius 1 is 1.65 bits per heavy atom. The van der Waals surface area contributed by atoms with Crippen molar-refractivity contribution in [3.8, 4) is 0 Å². The van der Waals surface area contributed by atoms with Crippen molar-refractivity contribution in [2.75, 3.05) is 18.0 Å². The Balaban J connectivity index is 2.12. The number of carboxylic acid groups (broad SMARTS) is 1. The van der Waals surface area contributed by atoms with Gasteiger partial charge in [0.1, 0.15) is 0 Å². The molecule has 94 valence electrons. The van der Waals surface area contributed by atoms with Crippen LogP contribution in [0.4, 0.5) is 5.13 Å². The molecule has 17 heavy (non-hydrogen) atoms. The van der Waals surface area contributed by atoms with E-state index in [1.165, 1.54) is 4.88 Å². The summed E-state index contributed by atoms with van der Waals surface area (Å²) in [4.78, 5) is 18.9. The molecule has 1 N–H and O–H groups in total. The summed E-state index contributed by atoms with van der Waals surface area (Å²) in [6.07, 6.45) is 2.60. The van der Waals surface area contributed by atoms with Crippen LogP contribution in [0.5, 0.6) is 0 Å². The van der Waals surface area contributed by atoms with Gasteiger partial charge in [0.05, 0.1) is 5.41 Å². The molecule has 0 aliphatic carbocycles. The summed E-state index contributed by atoms with van der Waals surface area (Å²) in [6, 6.07) is 0. The molecule has 4 nitrogen and oxygen atoms in total. The normalized spacial score (nSPS) is 24.6. The van der Waals surface area contributed by atoms with Crippen molar-refractivity contribution in [1.82, 2.24) is 4.98 Å². The lowest BCUT2D eigenvalue weighted by atomic mass is 9.90. The topological polar surface area (TPSA) is 53.4 Å². The summed E-state index contributed by atoms with van der Waals surface area (Å²) >= 11 is 1.67. The maximum atomic E-state index is 11.2. The van der Waals surface area contributed by atoms with E-state index < -0.39 is 11.4 Å². The molecule has 0 aromatic carbocycles. The zero-order valence-electron chi connectivity index (χ0n) is 10.4. The van der Waals surface area contributed by atoms with Crippen molar-refractivity contribution >= 4 is 22.4 Å². The maximum absolute atomic E-state index is 11.2. The van der Waals surface area contributed by atoms with Crippen LogP contribution in [0.2, 0.25) is 0 Å². The molecule has 1 fully saturated rings. The average Bonchev–Trinajstić information content (AvgIpc) is 2.84. The quantitative estimate of drug-likeness (QED) is 0.900. The Morgan fingerprint density at radius 2 is 2.35 bits per heavy atom. The number of aliphatic carboxylic acids is 1. The Hall–Kier alpha value is -1.10. The van der Waals surface area contributed by atoms with Gasteiger partial charge in [0.15, 0.2) is 5.13 Å². The molecule has 1 aliphatic rings. The molecular weight excluding hydrogens is 236 g/mol. The minimum Gasteiger partial charge on any atom is -0.481 e. The van der Waals surface area contributed by atoms with Crippen LogP contribution in [0.3, 0.4) is 0 Å². The first-order chi connectivity index (χ1) is 7.92. The van der Waals surface area contributed by atoms with Gasteiger partial charge >= 0.3 is 5.97 Å². The molecule has 0 amide bonds. The third-order valence-corrected chi connectivity index (χ3v) is 4.70. The number of carboxylic acids is 1. The molecule has 2 rings (SSSR count). The van der Waals surface area contributed by atoms with Gasteiger partial charge in [-0.3, -0.25) is 4.79 Å². The van der Waals surface area contributed by atoms with Gasteiger partial charge in [-0.2, -0.15) is 0 Å². The third-order valence-electron chi connectivity index (χ3n) is 3.34. The predicted molar refractivity (Wildman–Crippen MR) is 68.8 cm³/mol. The van der Waals surface area contributed by atoms with E-state index >= 15 is 0 Å². The largest absolute Gasteiger partial charge is 0.481 e. The average molecular weight is 254 g/mol. The summed E-state index contributed by atoms with van der Waals surface area (Å²) in [6.45, 7) is 7.44. The van der Waals surface area contributed by atoms with Crippen LogP contribution in [-0.2, 0) is 4.79 Å². The van der Waals surface area contributed by atoms with Gasteiger partial charge in [-0.1, -0.05) is 13.8 Å². The van der Waals surface area contributed by atoms with Crippen LogP contribution in [0.25, 0.3) is 0 Å². The summed E-state index contributed by atoms with van der Waals surface area (Å²) in [5.74, 6) is -0.227. The van der Waals surface area contributed by atoms with Gasteiger partial charge in [0, 0.05) is 24.2 Å². The first-order valence-electron chi connectivity index (χ1n) is 5.86. The fourth-order valence-electron chi connectivity index (χ4n) is 1.99. The van der Waals surface area contributed by atoms with E-state index in [9.17, 15) is 9.90 Å². The van der Waals surface area contributed by atoms with E-state index in [1.54, 1.807) is 11.3 Å². The van der Waals surface area contributed by atoms with Gasteiger partial charge in [-0.05, 0) is 19.3 Å². The molecule has 1 unspecified atom stereocenters. The van der Waals surface area contributed by atoms with E-state index in [4.69, 9.17) is 0 Å². The summed E-state index contributed by atoms with van der Waals surface area (Å²) in [7, 11) is 0. The van der Waals surface area contributed by atoms with Gasteiger partial charge in [-0.15, -0.1) is 11.3 Å². The first kappa shape index (κ1) is 12.4. The molecule has 0 saturated carbocycles. The molecule has 0 spiro atoms. The fourth-order valence-corrected chi connectivity index (χ4v) is 2.93. The first-order valence-corrected chi connectivity index (χ1v) is 6.68. The van der Waals surface area contributed by atoms with Crippen molar-refractivity contribution in [2.24, 2.45) is 5.41 Å². The van der Waals surface area contributed by atoms with Crippen LogP contribution in [0.15, 0.2) is 6.20 Å². The molecule has 5 heteroatoms. The molecule has 1 aromatic rings. The molecule has 0 bridgehead atoms. The highest BCUT2D eigenvalue weighted by Gasteiger charge is 2.41. The summed E-state index contributed by atoms with van der Waals surface area (Å²) in [5, 5.41) is 10.1. The second-order valence-electron chi connectivity index (χ2n) is 5.24. The van der Waals surface area contributed by atoms with E-state index in [-0.39, 0.29) is 0 Å². The molecule has 1 aliphatic heterocycles. The van der Waals surface area contributed by atoms with Crippen LogP contribution in [0.1, 0.15) is 38.0 Å². The van der Waals surface area contributed by atoms with Crippen molar-refractivity contribution in [1.29, 1.82) is 0 Å². The highest BCUT2D eigenvalue weighted by atomic mass is 32.1. The molecule has 1 atom stereocenters. The van der Waals surface area contributed by atoms with Crippen LogP contribution in [0, 0.1) is 5.41 Å². The van der Waals surface area contributed by atoms with E-state index in [0.717, 1.165) is 11.7 Å². The summed E-state index contributed by atoms with van der Waals surface area (Å²) in [5.41, 5.74) is -0.621. The Morgan fingerprint density at radius 3 is 2.82 bits per heavy atom. The van der Waals surface area contributed by atoms with Crippen molar-refractivity contribution in [2.45, 2.75) is 33.1 Å². The lowest BCUT2D eigenvalue weighted by molar-refractivity contribution is -0.146. The molecule has 2 heterocycles. The second kappa shape index (κ2) is 4.29. The Labute approximate surface area is 105 Å². The molecule has 1 aromatic heterocycles.